The number of nitrogens with one attached hydrogen (secondary N) is 1. The van der Waals surface area contributed by atoms with Crippen LogP contribution in [0.15, 0.2) is 5.16 Å². The van der Waals surface area contributed by atoms with Gasteiger partial charge in [0.25, 0.3) is 5.91 Å². The van der Waals surface area contributed by atoms with Crippen molar-refractivity contribution in [1.82, 2.24) is 5.32 Å². The highest BCUT2D eigenvalue weighted by Gasteiger charge is 2.42. The quantitative estimate of drug-likeness (QED) is 0.783. The molecule has 21 heavy (non-hydrogen) atoms. The van der Waals surface area contributed by atoms with Gasteiger partial charge in [-0.15, -0.1) is 0 Å². The van der Waals surface area contributed by atoms with Gasteiger partial charge >= 0.3 is 5.97 Å². The van der Waals surface area contributed by atoms with Gasteiger partial charge in [0.05, 0.1) is 6.07 Å². The highest BCUT2D eigenvalue weighted by Crippen LogP contribution is 2.31. The fourth-order valence-corrected chi connectivity index (χ4v) is 2.09. The summed E-state index contributed by atoms with van der Waals surface area (Å²) in [6, 6.07) is 2.12. The Balaban J connectivity index is 1.88. The maximum Gasteiger partial charge on any atom is 0.356 e. The molecule has 1 N–H and O–H groups in total. The Bertz CT molecular complexity index is 523. The van der Waals surface area contributed by atoms with Crippen molar-refractivity contribution in [3.05, 3.63) is 0 Å². The summed E-state index contributed by atoms with van der Waals surface area (Å²) < 4.78 is 5.17. The van der Waals surface area contributed by atoms with Crippen LogP contribution in [0.25, 0.3) is 0 Å². The van der Waals surface area contributed by atoms with Gasteiger partial charge in [-0.25, -0.2) is 4.79 Å². The smallest absolute Gasteiger partial charge is 0.356 e. The van der Waals surface area contributed by atoms with Crippen LogP contribution < -0.4 is 5.32 Å². The first-order chi connectivity index (χ1) is 9.75. The fraction of sp³-hybridized carbons (Fsp3) is 0.714. The largest absolute Gasteiger partial charge is 0.455 e. The molecule has 114 valence electrons. The molecule has 0 bridgehead atoms. The lowest BCUT2D eigenvalue weighted by Crippen LogP contribution is -2.55. The van der Waals surface area contributed by atoms with E-state index in [0.717, 1.165) is 6.42 Å². The highest BCUT2D eigenvalue weighted by atomic mass is 16.7. The van der Waals surface area contributed by atoms with Gasteiger partial charge in [-0.3, -0.25) is 4.79 Å². The summed E-state index contributed by atoms with van der Waals surface area (Å²) in [7, 11) is 0. The molecule has 0 radical (unpaired) electrons. The van der Waals surface area contributed by atoms with E-state index in [1.165, 1.54) is 0 Å². The third kappa shape index (κ3) is 3.51. The number of esters is 1. The summed E-state index contributed by atoms with van der Waals surface area (Å²) in [4.78, 5) is 28.9. The van der Waals surface area contributed by atoms with Crippen molar-refractivity contribution in [1.29, 1.82) is 5.26 Å². The Labute approximate surface area is 123 Å². The van der Waals surface area contributed by atoms with Crippen LogP contribution >= 0.6 is 0 Å². The van der Waals surface area contributed by atoms with E-state index < -0.39 is 29.1 Å². The molecule has 1 aliphatic carbocycles. The van der Waals surface area contributed by atoms with Crippen molar-refractivity contribution in [3.8, 4) is 6.07 Å². The van der Waals surface area contributed by atoms with Crippen LogP contribution in [0.2, 0.25) is 0 Å². The zero-order chi connectivity index (χ0) is 15.7. The van der Waals surface area contributed by atoms with E-state index in [0.29, 0.717) is 12.8 Å². The van der Waals surface area contributed by atoms with E-state index in [1.54, 1.807) is 20.8 Å². The molecule has 2 aliphatic rings. The lowest BCUT2D eigenvalue weighted by Gasteiger charge is -2.36. The van der Waals surface area contributed by atoms with E-state index in [1.807, 2.05) is 0 Å². The Morgan fingerprint density at radius 2 is 2.14 bits per heavy atom. The maximum absolute atomic E-state index is 12.1. The maximum atomic E-state index is 12.1. The van der Waals surface area contributed by atoms with Crippen molar-refractivity contribution in [3.63, 3.8) is 0 Å². The lowest BCUT2D eigenvalue weighted by molar-refractivity contribution is -0.146. The van der Waals surface area contributed by atoms with Crippen molar-refractivity contribution >= 4 is 17.6 Å². The zero-order valence-corrected chi connectivity index (χ0v) is 12.4. The third-order valence-corrected chi connectivity index (χ3v) is 3.38. The van der Waals surface area contributed by atoms with Crippen LogP contribution in [0.3, 0.4) is 0 Å². The molecule has 0 aromatic carbocycles. The second-order valence-corrected chi connectivity index (χ2v) is 6.37. The summed E-state index contributed by atoms with van der Waals surface area (Å²) in [5.74, 6) is -1.00. The monoisotopic (exact) mass is 293 g/mol. The first-order valence-corrected chi connectivity index (χ1v) is 6.94. The summed E-state index contributed by atoms with van der Waals surface area (Å²) >= 11 is 0. The molecular formula is C14H19N3O4. The number of nitriles is 1. The minimum absolute atomic E-state index is 0.0578. The van der Waals surface area contributed by atoms with Crippen molar-refractivity contribution in [2.75, 3.05) is 0 Å². The molecular weight excluding hydrogens is 274 g/mol. The Morgan fingerprint density at radius 3 is 2.62 bits per heavy atom. The molecule has 0 spiro atoms. The Morgan fingerprint density at radius 1 is 1.48 bits per heavy atom. The minimum Gasteiger partial charge on any atom is -0.455 e. The van der Waals surface area contributed by atoms with Gasteiger partial charge in [-0.2, -0.15) is 5.26 Å². The van der Waals surface area contributed by atoms with Crippen LogP contribution in [0.4, 0.5) is 0 Å². The van der Waals surface area contributed by atoms with Gasteiger partial charge in [-0.1, -0.05) is 5.16 Å². The van der Waals surface area contributed by atoms with Gasteiger partial charge in [0.2, 0.25) is 6.10 Å². The topological polar surface area (TPSA) is 101 Å². The molecule has 1 atom stereocenters. The number of carbonyl (C=O) groups is 2. The molecule has 0 unspecified atom stereocenters. The van der Waals surface area contributed by atoms with Gasteiger partial charge < -0.3 is 14.9 Å². The van der Waals surface area contributed by atoms with E-state index in [4.69, 9.17) is 14.8 Å². The molecule has 7 heteroatoms. The molecule has 0 aromatic heterocycles. The standard InChI is InChI=1S/C14H19N3O4/c1-13(2,3)20-12(19)9-7-10(21-17-9)11(18)16-14(8-15)5-4-6-14/h10H,4-7H2,1-3H3,(H,16,18)/t10-/m0/s1. The third-order valence-electron chi connectivity index (χ3n) is 3.38. The summed E-state index contributed by atoms with van der Waals surface area (Å²) in [6.45, 7) is 5.25. The van der Waals surface area contributed by atoms with Crippen molar-refractivity contribution < 1.29 is 19.2 Å². The Hall–Kier alpha value is -2.10. The summed E-state index contributed by atoms with van der Waals surface area (Å²) in [5, 5.41) is 15.4. The van der Waals surface area contributed by atoms with E-state index in [2.05, 4.69) is 16.5 Å². The first kappa shape index (κ1) is 15.3. The normalized spacial score (nSPS) is 23.1. The van der Waals surface area contributed by atoms with E-state index in [-0.39, 0.29) is 12.1 Å². The average molecular weight is 293 g/mol. The molecule has 2 rings (SSSR count). The van der Waals surface area contributed by atoms with Crippen molar-refractivity contribution in [2.24, 2.45) is 5.16 Å². The molecule has 0 saturated heterocycles. The number of oxime groups is 1. The van der Waals surface area contributed by atoms with Gasteiger partial charge in [-0.05, 0) is 40.0 Å². The number of hydrogen-bond donors (Lipinski definition) is 1. The molecule has 7 nitrogen and oxygen atoms in total. The average Bonchev–Trinajstić information content (AvgIpc) is 2.81. The van der Waals surface area contributed by atoms with Crippen LogP contribution in [0.5, 0.6) is 0 Å². The van der Waals surface area contributed by atoms with Crippen molar-refractivity contribution in [2.45, 2.75) is 63.7 Å². The second-order valence-electron chi connectivity index (χ2n) is 6.37. The second kappa shape index (κ2) is 5.35. The number of amides is 1. The van der Waals surface area contributed by atoms with Crippen LogP contribution in [-0.2, 0) is 19.2 Å². The molecule has 1 saturated carbocycles. The van der Waals surface area contributed by atoms with Crippen LogP contribution in [0, 0.1) is 11.3 Å². The number of rotatable bonds is 3. The number of carbonyl (C=O) groups excluding carboxylic acids is 2. The van der Waals surface area contributed by atoms with Crippen LogP contribution in [0.1, 0.15) is 46.5 Å². The molecule has 1 aliphatic heterocycles. The minimum atomic E-state index is -0.877. The lowest BCUT2D eigenvalue weighted by atomic mass is 9.78. The fourth-order valence-electron chi connectivity index (χ4n) is 2.09. The SMILES string of the molecule is CC(C)(C)OC(=O)C1=NO[C@H](C(=O)NC2(C#N)CCC2)C1. The van der Waals surface area contributed by atoms with Crippen LogP contribution in [-0.4, -0.2) is 34.8 Å². The number of ether oxygens (including phenoxy) is 1. The molecule has 1 heterocycles. The predicted molar refractivity (Wildman–Crippen MR) is 73.1 cm³/mol. The summed E-state index contributed by atoms with van der Waals surface area (Å²) in [6.07, 6.45) is 1.38. The van der Waals surface area contributed by atoms with E-state index >= 15 is 0 Å². The van der Waals surface area contributed by atoms with Gasteiger partial charge in [0, 0.05) is 6.42 Å². The van der Waals surface area contributed by atoms with E-state index in [9.17, 15) is 9.59 Å². The predicted octanol–water partition coefficient (Wildman–Crippen LogP) is 1.04. The molecule has 0 aromatic rings. The van der Waals surface area contributed by atoms with Gasteiger partial charge in [0.15, 0.2) is 5.71 Å². The van der Waals surface area contributed by atoms with Gasteiger partial charge in [0.1, 0.15) is 11.1 Å². The Kier molecular flexibility index (Phi) is 3.90. The first-order valence-electron chi connectivity index (χ1n) is 6.94. The zero-order valence-electron chi connectivity index (χ0n) is 12.4. The summed E-state index contributed by atoms with van der Waals surface area (Å²) in [5.41, 5.74) is -1.32. The molecule has 1 amide bonds. The number of hydrogen-bond acceptors (Lipinski definition) is 6. The number of nitrogens with zero attached hydrogens (tertiary/aromatic N) is 2. The molecule has 1 fully saturated rings. The highest BCUT2D eigenvalue weighted by molar-refractivity contribution is 6.37.